The van der Waals surface area contributed by atoms with Crippen LogP contribution in [0.25, 0.3) is 10.8 Å². The molecule has 0 fully saturated rings. The number of carbonyl (C=O) groups is 2. The SMILES string of the molecule is Cc1oc(-c2cccs2)nc1CC(=O)Nc1ccc(NC(=O)OC(C)(C)C)cc1. The number of anilines is 2. The molecular formula is C21H23N3O4S. The van der Waals surface area contributed by atoms with Crippen LogP contribution in [0.4, 0.5) is 16.2 Å². The fourth-order valence-electron chi connectivity index (χ4n) is 2.51. The third-order valence-electron chi connectivity index (χ3n) is 3.77. The third kappa shape index (κ3) is 5.92. The van der Waals surface area contributed by atoms with Gasteiger partial charge in [-0.25, -0.2) is 9.78 Å². The first-order valence-corrected chi connectivity index (χ1v) is 9.98. The number of hydrogen-bond acceptors (Lipinski definition) is 6. The summed E-state index contributed by atoms with van der Waals surface area (Å²) < 4.78 is 10.9. The normalized spacial score (nSPS) is 11.2. The third-order valence-corrected chi connectivity index (χ3v) is 4.62. The minimum absolute atomic E-state index is 0.110. The smallest absolute Gasteiger partial charge is 0.412 e. The molecule has 152 valence electrons. The number of oxazole rings is 1. The molecule has 8 heteroatoms. The number of ether oxygens (including phenoxy) is 1. The van der Waals surface area contributed by atoms with Gasteiger partial charge in [-0.3, -0.25) is 10.1 Å². The van der Waals surface area contributed by atoms with Crippen molar-refractivity contribution in [1.29, 1.82) is 0 Å². The first-order valence-electron chi connectivity index (χ1n) is 9.10. The zero-order valence-corrected chi connectivity index (χ0v) is 17.6. The van der Waals surface area contributed by atoms with Gasteiger partial charge in [0.25, 0.3) is 0 Å². The van der Waals surface area contributed by atoms with Gasteiger partial charge in [0.15, 0.2) is 0 Å². The first-order chi connectivity index (χ1) is 13.7. The zero-order valence-electron chi connectivity index (χ0n) is 16.7. The van der Waals surface area contributed by atoms with E-state index in [9.17, 15) is 9.59 Å². The topological polar surface area (TPSA) is 93.5 Å². The Morgan fingerprint density at radius 2 is 1.76 bits per heavy atom. The fourth-order valence-corrected chi connectivity index (χ4v) is 3.16. The molecule has 3 rings (SSSR count). The second kappa shape index (κ2) is 8.48. The van der Waals surface area contributed by atoms with Crippen LogP contribution in [0.15, 0.2) is 46.2 Å². The summed E-state index contributed by atoms with van der Waals surface area (Å²) >= 11 is 1.53. The lowest BCUT2D eigenvalue weighted by Gasteiger charge is -2.19. The molecule has 0 aliphatic carbocycles. The minimum atomic E-state index is -0.569. The average Bonchev–Trinajstić information content (AvgIpc) is 3.25. The zero-order chi connectivity index (χ0) is 21.0. The molecule has 7 nitrogen and oxygen atoms in total. The highest BCUT2D eigenvalue weighted by molar-refractivity contribution is 7.13. The van der Waals surface area contributed by atoms with Crippen LogP contribution in [0.3, 0.4) is 0 Å². The van der Waals surface area contributed by atoms with Crippen molar-refractivity contribution >= 4 is 34.7 Å². The summed E-state index contributed by atoms with van der Waals surface area (Å²) in [5.74, 6) is 0.949. The number of aryl methyl sites for hydroxylation is 1. The summed E-state index contributed by atoms with van der Waals surface area (Å²) in [6, 6.07) is 10.6. The van der Waals surface area contributed by atoms with Gasteiger partial charge in [0.1, 0.15) is 11.4 Å². The number of carbonyl (C=O) groups excluding carboxylic acids is 2. The van der Waals surface area contributed by atoms with Crippen molar-refractivity contribution < 1.29 is 18.7 Å². The molecule has 2 amide bonds. The molecule has 0 saturated carbocycles. The molecule has 0 aliphatic rings. The van der Waals surface area contributed by atoms with Crippen molar-refractivity contribution in [2.75, 3.05) is 10.6 Å². The van der Waals surface area contributed by atoms with Gasteiger partial charge in [-0.05, 0) is 63.4 Å². The van der Waals surface area contributed by atoms with Gasteiger partial charge in [-0.15, -0.1) is 11.3 Å². The van der Waals surface area contributed by atoms with Crippen LogP contribution < -0.4 is 10.6 Å². The van der Waals surface area contributed by atoms with Gasteiger partial charge in [-0.2, -0.15) is 0 Å². The van der Waals surface area contributed by atoms with E-state index in [2.05, 4.69) is 15.6 Å². The Kier molecular flexibility index (Phi) is 6.03. The van der Waals surface area contributed by atoms with E-state index in [0.717, 1.165) is 4.88 Å². The first kappa shape index (κ1) is 20.6. The highest BCUT2D eigenvalue weighted by Crippen LogP contribution is 2.26. The van der Waals surface area contributed by atoms with Gasteiger partial charge in [0, 0.05) is 11.4 Å². The molecule has 0 saturated heterocycles. The molecule has 1 aromatic carbocycles. The number of nitrogens with one attached hydrogen (secondary N) is 2. The molecule has 0 aliphatic heterocycles. The van der Waals surface area contributed by atoms with E-state index in [1.807, 2.05) is 17.5 Å². The predicted octanol–water partition coefficient (Wildman–Crippen LogP) is 5.24. The van der Waals surface area contributed by atoms with Crippen molar-refractivity contribution in [3.63, 3.8) is 0 Å². The lowest BCUT2D eigenvalue weighted by molar-refractivity contribution is -0.115. The largest absolute Gasteiger partial charge is 0.444 e. The Morgan fingerprint density at radius 3 is 2.34 bits per heavy atom. The van der Waals surface area contributed by atoms with Crippen molar-refractivity contribution in [2.24, 2.45) is 0 Å². The average molecular weight is 413 g/mol. The van der Waals surface area contributed by atoms with Crippen LogP contribution in [0.1, 0.15) is 32.2 Å². The van der Waals surface area contributed by atoms with E-state index < -0.39 is 11.7 Å². The van der Waals surface area contributed by atoms with Crippen LogP contribution in [-0.2, 0) is 16.0 Å². The molecule has 0 atom stereocenters. The van der Waals surface area contributed by atoms with E-state index in [0.29, 0.717) is 28.7 Å². The molecule has 2 heterocycles. The van der Waals surface area contributed by atoms with Crippen LogP contribution in [0.5, 0.6) is 0 Å². The number of thiophene rings is 1. The minimum Gasteiger partial charge on any atom is -0.444 e. The van der Waals surface area contributed by atoms with Gasteiger partial charge in [0.05, 0.1) is 17.0 Å². The number of amides is 2. The summed E-state index contributed by atoms with van der Waals surface area (Å²) in [6.07, 6.45) is -0.421. The van der Waals surface area contributed by atoms with Gasteiger partial charge in [-0.1, -0.05) is 6.07 Å². The Hall–Kier alpha value is -3.13. The number of rotatable bonds is 5. The number of benzene rings is 1. The van der Waals surface area contributed by atoms with Gasteiger partial charge >= 0.3 is 6.09 Å². The fraction of sp³-hybridized carbons (Fsp3) is 0.286. The van der Waals surface area contributed by atoms with E-state index in [1.165, 1.54) is 11.3 Å². The molecule has 0 bridgehead atoms. The molecule has 2 aromatic heterocycles. The maximum Gasteiger partial charge on any atom is 0.412 e. The highest BCUT2D eigenvalue weighted by Gasteiger charge is 2.17. The molecule has 0 radical (unpaired) electrons. The molecular weight excluding hydrogens is 390 g/mol. The van der Waals surface area contributed by atoms with E-state index in [1.54, 1.807) is 52.0 Å². The monoisotopic (exact) mass is 413 g/mol. The molecule has 29 heavy (non-hydrogen) atoms. The van der Waals surface area contributed by atoms with Crippen molar-refractivity contribution in [3.05, 3.63) is 53.2 Å². The Bertz CT molecular complexity index is 986. The van der Waals surface area contributed by atoms with Crippen LogP contribution in [0, 0.1) is 6.92 Å². The van der Waals surface area contributed by atoms with Crippen molar-refractivity contribution in [2.45, 2.75) is 39.7 Å². The summed E-state index contributed by atoms with van der Waals surface area (Å²) in [5, 5.41) is 7.41. The summed E-state index contributed by atoms with van der Waals surface area (Å²) in [4.78, 5) is 29.5. The van der Waals surface area contributed by atoms with E-state index >= 15 is 0 Å². The second-order valence-corrected chi connectivity index (χ2v) is 8.38. The second-order valence-electron chi connectivity index (χ2n) is 7.43. The van der Waals surface area contributed by atoms with Crippen LogP contribution in [0.2, 0.25) is 0 Å². The Morgan fingerprint density at radius 1 is 1.10 bits per heavy atom. The molecule has 2 N–H and O–H groups in total. The maximum atomic E-state index is 12.4. The van der Waals surface area contributed by atoms with Gasteiger partial charge < -0.3 is 14.5 Å². The maximum absolute atomic E-state index is 12.4. The molecule has 0 unspecified atom stereocenters. The number of aromatic nitrogens is 1. The van der Waals surface area contributed by atoms with E-state index in [-0.39, 0.29) is 12.3 Å². The lowest BCUT2D eigenvalue weighted by atomic mass is 10.2. The van der Waals surface area contributed by atoms with Crippen LogP contribution >= 0.6 is 11.3 Å². The molecule has 3 aromatic rings. The Labute approximate surface area is 173 Å². The number of nitrogens with zero attached hydrogens (tertiary/aromatic N) is 1. The molecule has 0 spiro atoms. The quantitative estimate of drug-likeness (QED) is 0.597. The number of hydrogen-bond donors (Lipinski definition) is 2. The van der Waals surface area contributed by atoms with Crippen molar-refractivity contribution in [1.82, 2.24) is 4.98 Å². The highest BCUT2D eigenvalue weighted by atomic mass is 32.1. The lowest BCUT2D eigenvalue weighted by Crippen LogP contribution is -2.27. The standard InChI is InChI=1S/C21H23N3O4S/c1-13-16(24-19(27-13)17-6-5-11-29-17)12-18(25)22-14-7-9-15(10-8-14)23-20(26)28-21(2,3)4/h5-11H,12H2,1-4H3,(H,22,25)(H,23,26). The van der Waals surface area contributed by atoms with Crippen molar-refractivity contribution in [3.8, 4) is 10.8 Å². The summed E-state index contributed by atoms with van der Waals surface area (Å²) in [5.41, 5.74) is 1.23. The summed E-state index contributed by atoms with van der Waals surface area (Å²) in [7, 11) is 0. The van der Waals surface area contributed by atoms with E-state index in [4.69, 9.17) is 9.15 Å². The van der Waals surface area contributed by atoms with Gasteiger partial charge in [0.2, 0.25) is 11.8 Å². The Balaban J connectivity index is 1.57. The predicted molar refractivity (Wildman–Crippen MR) is 113 cm³/mol. The summed E-state index contributed by atoms with van der Waals surface area (Å²) in [6.45, 7) is 7.19. The van der Waals surface area contributed by atoms with Crippen LogP contribution in [-0.4, -0.2) is 22.6 Å².